The molecule has 1 rings (SSSR count). The first-order chi connectivity index (χ1) is 7.15. The second-order valence-electron chi connectivity index (χ2n) is 2.47. The Labute approximate surface area is 96.4 Å². The molecule has 0 aliphatic carbocycles. The van der Waals surface area contributed by atoms with Crippen molar-refractivity contribution in [1.82, 2.24) is 9.97 Å². The zero-order valence-electron chi connectivity index (χ0n) is 8.07. The van der Waals surface area contributed by atoms with Crippen LogP contribution >= 0.6 is 23.4 Å². The lowest BCUT2D eigenvalue weighted by molar-refractivity contribution is -0.139. The molecule has 0 bridgehead atoms. The Balaban J connectivity index is 2.58. The van der Waals surface area contributed by atoms with E-state index in [1.807, 2.05) is 0 Å². The number of rotatable bonds is 4. The summed E-state index contributed by atoms with van der Waals surface area (Å²) in [5, 5.41) is 0.754. The predicted octanol–water partition coefficient (Wildman–Crippen LogP) is 1.37. The number of thioether (sulfide) groups is 1. The van der Waals surface area contributed by atoms with E-state index in [4.69, 9.17) is 22.1 Å². The van der Waals surface area contributed by atoms with E-state index in [1.54, 1.807) is 6.92 Å². The molecule has 0 radical (unpaired) electrons. The van der Waals surface area contributed by atoms with Crippen molar-refractivity contribution in [1.29, 1.82) is 0 Å². The predicted molar refractivity (Wildman–Crippen MR) is 58.8 cm³/mol. The molecule has 2 N–H and O–H groups in total. The van der Waals surface area contributed by atoms with Gasteiger partial charge in [0.15, 0.2) is 0 Å². The third-order valence-corrected chi connectivity index (χ3v) is 2.86. The normalized spacial score (nSPS) is 10.0. The minimum atomic E-state index is -0.309. The molecule has 0 atom stereocenters. The maximum Gasteiger partial charge on any atom is 0.316 e. The van der Waals surface area contributed by atoms with Crippen LogP contribution in [-0.2, 0) is 9.53 Å². The first-order valence-corrected chi connectivity index (χ1v) is 5.56. The Morgan fingerprint density at radius 3 is 3.07 bits per heavy atom. The first kappa shape index (κ1) is 12.1. The topological polar surface area (TPSA) is 78.1 Å². The summed E-state index contributed by atoms with van der Waals surface area (Å²) in [7, 11) is 0. The summed E-state index contributed by atoms with van der Waals surface area (Å²) < 4.78 is 4.76. The molecule has 0 aliphatic heterocycles. The Hall–Kier alpha value is -1.01. The summed E-state index contributed by atoms with van der Waals surface area (Å²) in [5.74, 6) is 0.0538. The van der Waals surface area contributed by atoms with E-state index in [2.05, 4.69) is 9.97 Å². The highest BCUT2D eigenvalue weighted by molar-refractivity contribution is 8.00. The van der Waals surface area contributed by atoms with Gasteiger partial charge >= 0.3 is 5.97 Å². The van der Waals surface area contributed by atoms with Crippen LogP contribution < -0.4 is 5.73 Å². The number of halogens is 1. The minimum absolute atomic E-state index is 0.157. The van der Waals surface area contributed by atoms with Crippen LogP contribution in [0.4, 0.5) is 5.82 Å². The lowest BCUT2D eigenvalue weighted by atomic mass is 10.6. The molecular formula is C8H10ClN3O2S. The van der Waals surface area contributed by atoms with Crippen molar-refractivity contribution < 1.29 is 9.53 Å². The van der Waals surface area contributed by atoms with Gasteiger partial charge in [0.2, 0.25) is 0 Å². The maximum atomic E-state index is 11.1. The number of ether oxygens (including phenoxy) is 1. The van der Waals surface area contributed by atoms with E-state index in [9.17, 15) is 4.79 Å². The summed E-state index contributed by atoms with van der Waals surface area (Å²) in [6.45, 7) is 2.11. The first-order valence-electron chi connectivity index (χ1n) is 4.19. The van der Waals surface area contributed by atoms with Crippen LogP contribution in [0.1, 0.15) is 6.92 Å². The number of esters is 1. The summed E-state index contributed by atoms with van der Waals surface area (Å²) >= 11 is 7.00. The number of nitrogens with zero attached hydrogens (tertiary/aromatic N) is 2. The van der Waals surface area contributed by atoms with Gasteiger partial charge in [-0.3, -0.25) is 4.79 Å². The van der Waals surface area contributed by atoms with Crippen molar-refractivity contribution in [3.8, 4) is 0 Å². The Morgan fingerprint density at radius 2 is 2.40 bits per heavy atom. The van der Waals surface area contributed by atoms with Gasteiger partial charge in [0, 0.05) is 0 Å². The largest absolute Gasteiger partial charge is 0.465 e. The molecule has 0 unspecified atom stereocenters. The van der Waals surface area contributed by atoms with Gasteiger partial charge in [-0.05, 0) is 6.92 Å². The quantitative estimate of drug-likeness (QED) is 0.492. The van der Waals surface area contributed by atoms with Gasteiger partial charge < -0.3 is 10.5 Å². The number of carbonyl (C=O) groups excluding carboxylic acids is 1. The van der Waals surface area contributed by atoms with Crippen molar-refractivity contribution in [3.63, 3.8) is 0 Å². The number of hydrogen-bond acceptors (Lipinski definition) is 6. The van der Waals surface area contributed by atoms with Gasteiger partial charge in [-0.25, -0.2) is 9.97 Å². The average Bonchev–Trinajstić information content (AvgIpc) is 2.21. The van der Waals surface area contributed by atoms with E-state index in [0.29, 0.717) is 11.6 Å². The van der Waals surface area contributed by atoms with E-state index in [0.717, 1.165) is 0 Å². The van der Waals surface area contributed by atoms with Gasteiger partial charge in [-0.1, -0.05) is 23.4 Å². The molecule has 0 saturated heterocycles. The van der Waals surface area contributed by atoms with Crippen LogP contribution in [0.5, 0.6) is 0 Å². The van der Waals surface area contributed by atoms with Crippen LogP contribution in [0.25, 0.3) is 0 Å². The van der Waals surface area contributed by atoms with Crippen LogP contribution in [-0.4, -0.2) is 28.3 Å². The molecule has 7 heteroatoms. The number of nitrogens with two attached hydrogens (primary N) is 1. The molecule has 0 spiro atoms. The van der Waals surface area contributed by atoms with E-state index in [1.165, 1.54) is 18.1 Å². The van der Waals surface area contributed by atoms with E-state index in [-0.39, 0.29) is 22.6 Å². The molecule has 82 valence electrons. The van der Waals surface area contributed by atoms with Crippen molar-refractivity contribution in [2.24, 2.45) is 0 Å². The summed E-state index contributed by atoms with van der Waals surface area (Å²) in [6.07, 6.45) is 1.30. The molecule has 1 aromatic heterocycles. The standard InChI is InChI=1S/C8H10ClN3O2S/c1-2-14-5(13)3-15-8-6(9)7(10)11-4-12-8/h4H,2-3H2,1H3,(H2,10,11,12). The third-order valence-electron chi connectivity index (χ3n) is 1.42. The Bertz CT molecular complexity index is 362. The van der Waals surface area contributed by atoms with Crippen LogP contribution in [0.3, 0.4) is 0 Å². The fourth-order valence-corrected chi connectivity index (χ4v) is 1.75. The van der Waals surface area contributed by atoms with Crippen molar-refractivity contribution >= 4 is 35.1 Å². The van der Waals surface area contributed by atoms with Crippen molar-refractivity contribution in [2.75, 3.05) is 18.1 Å². The molecular weight excluding hydrogens is 238 g/mol. The smallest absolute Gasteiger partial charge is 0.316 e. The number of carbonyl (C=O) groups is 1. The average molecular weight is 248 g/mol. The monoisotopic (exact) mass is 247 g/mol. The molecule has 0 aromatic carbocycles. The van der Waals surface area contributed by atoms with Gasteiger partial charge in [0.1, 0.15) is 22.2 Å². The fourth-order valence-electron chi connectivity index (χ4n) is 0.797. The molecule has 15 heavy (non-hydrogen) atoms. The number of aromatic nitrogens is 2. The van der Waals surface area contributed by atoms with Crippen LogP contribution in [0.2, 0.25) is 5.02 Å². The summed E-state index contributed by atoms with van der Waals surface area (Å²) in [5.41, 5.74) is 5.47. The SMILES string of the molecule is CCOC(=O)CSc1ncnc(N)c1Cl. The number of hydrogen-bond donors (Lipinski definition) is 1. The zero-order valence-corrected chi connectivity index (χ0v) is 9.64. The molecule has 1 aromatic rings. The second-order valence-corrected chi connectivity index (χ2v) is 3.81. The van der Waals surface area contributed by atoms with Gasteiger partial charge in [-0.15, -0.1) is 0 Å². The maximum absolute atomic E-state index is 11.1. The van der Waals surface area contributed by atoms with Crippen molar-refractivity contribution in [3.05, 3.63) is 11.3 Å². The second kappa shape index (κ2) is 5.77. The lowest BCUT2D eigenvalue weighted by Crippen LogP contribution is -2.07. The number of nitrogen functional groups attached to an aromatic ring is 1. The van der Waals surface area contributed by atoms with Gasteiger partial charge in [-0.2, -0.15) is 0 Å². The van der Waals surface area contributed by atoms with E-state index >= 15 is 0 Å². The summed E-state index contributed by atoms with van der Waals surface area (Å²) in [6, 6.07) is 0. The lowest BCUT2D eigenvalue weighted by Gasteiger charge is -2.03. The summed E-state index contributed by atoms with van der Waals surface area (Å²) in [4.78, 5) is 18.7. The zero-order chi connectivity index (χ0) is 11.3. The molecule has 0 aliphatic rings. The van der Waals surface area contributed by atoms with Crippen molar-refractivity contribution in [2.45, 2.75) is 11.9 Å². The molecule has 0 amide bonds. The Kier molecular flexibility index (Phi) is 4.64. The highest BCUT2D eigenvalue weighted by Gasteiger charge is 2.09. The number of anilines is 1. The molecule has 5 nitrogen and oxygen atoms in total. The molecule has 1 heterocycles. The third kappa shape index (κ3) is 3.56. The highest BCUT2D eigenvalue weighted by Crippen LogP contribution is 2.27. The van der Waals surface area contributed by atoms with Crippen LogP contribution in [0.15, 0.2) is 11.4 Å². The van der Waals surface area contributed by atoms with E-state index < -0.39 is 0 Å². The van der Waals surface area contributed by atoms with Gasteiger partial charge in [0.25, 0.3) is 0 Å². The minimum Gasteiger partial charge on any atom is -0.465 e. The highest BCUT2D eigenvalue weighted by atomic mass is 35.5. The Morgan fingerprint density at radius 1 is 1.67 bits per heavy atom. The van der Waals surface area contributed by atoms with Gasteiger partial charge in [0.05, 0.1) is 12.4 Å². The molecule has 0 fully saturated rings. The fraction of sp³-hybridized carbons (Fsp3) is 0.375. The van der Waals surface area contributed by atoms with Crippen LogP contribution in [0, 0.1) is 0 Å². The molecule has 0 saturated carbocycles.